The van der Waals surface area contributed by atoms with Gasteiger partial charge in [0.05, 0.1) is 25.3 Å². The van der Waals surface area contributed by atoms with Gasteiger partial charge >= 0.3 is 0 Å². The van der Waals surface area contributed by atoms with Gasteiger partial charge in [0.2, 0.25) is 17.7 Å². The van der Waals surface area contributed by atoms with Crippen molar-refractivity contribution in [3.05, 3.63) is 53.7 Å². The molecule has 1 aliphatic carbocycles. The smallest absolute Gasteiger partial charge is 0.248 e. The van der Waals surface area contributed by atoms with E-state index in [4.69, 9.17) is 9.47 Å². The van der Waals surface area contributed by atoms with E-state index in [2.05, 4.69) is 15.6 Å². The molecule has 2 amide bonds. The maximum atomic E-state index is 13.1. The average Bonchev–Trinajstić information content (AvgIpc) is 3.53. The minimum Gasteiger partial charge on any atom is -0.497 e. The molecular formula is C20H23N3O4. The fraction of sp³-hybridized carbons (Fsp3) is 0.350. The number of nitrogens with one attached hydrogen (secondary N) is 2. The summed E-state index contributed by atoms with van der Waals surface area (Å²) in [5, 5.41) is 5.45. The van der Waals surface area contributed by atoms with Gasteiger partial charge in [0.25, 0.3) is 0 Å². The van der Waals surface area contributed by atoms with Crippen LogP contribution in [-0.4, -0.2) is 38.1 Å². The van der Waals surface area contributed by atoms with Gasteiger partial charge < -0.3 is 20.1 Å². The van der Waals surface area contributed by atoms with Crippen LogP contribution in [0.3, 0.4) is 0 Å². The number of benzene rings is 1. The summed E-state index contributed by atoms with van der Waals surface area (Å²) in [6, 6.07) is 11.7. The summed E-state index contributed by atoms with van der Waals surface area (Å²) in [7, 11) is 4.63. The minimum atomic E-state index is -0.895. The van der Waals surface area contributed by atoms with E-state index in [1.807, 2.05) is 24.3 Å². The fourth-order valence-corrected chi connectivity index (χ4v) is 3.07. The number of amides is 2. The molecule has 1 aromatic heterocycles. The molecule has 0 bridgehead atoms. The van der Waals surface area contributed by atoms with Gasteiger partial charge in [-0.2, -0.15) is 0 Å². The van der Waals surface area contributed by atoms with E-state index >= 15 is 0 Å². The number of carbonyl (C=O) groups is 2. The van der Waals surface area contributed by atoms with Crippen LogP contribution in [0.2, 0.25) is 0 Å². The van der Waals surface area contributed by atoms with Crippen LogP contribution in [0.1, 0.15) is 30.1 Å². The number of carbonyl (C=O) groups excluding carboxylic acids is 2. The number of ether oxygens (including phenoxy) is 2. The van der Waals surface area contributed by atoms with Gasteiger partial charge in [-0.1, -0.05) is 18.2 Å². The normalized spacial score (nSPS) is 15.4. The van der Waals surface area contributed by atoms with Crippen molar-refractivity contribution in [2.45, 2.75) is 24.3 Å². The summed E-state index contributed by atoms with van der Waals surface area (Å²) in [5.41, 5.74) is 0.722. The number of methoxy groups -OCH3 is 2. The lowest BCUT2D eigenvalue weighted by atomic mass is 9.94. The molecule has 27 heavy (non-hydrogen) atoms. The van der Waals surface area contributed by atoms with Crippen LogP contribution in [0.15, 0.2) is 42.5 Å². The van der Waals surface area contributed by atoms with Crippen LogP contribution in [0, 0.1) is 0 Å². The van der Waals surface area contributed by atoms with Crippen LogP contribution in [0.4, 0.5) is 0 Å². The first-order valence-electron chi connectivity index (χ1n) is 8.72. The molecule has 2 N–H and O–H groups in total. The molecule has 1 heterocycles. The van der Waals surface area contributed by atoms with Crippen molar-refractivity contribution in [3.8, 4) is 11.6 Å². The van der Waals surface area contributed by atoms with Crippen molar-refractivity contribution in [2.75, 3.05) is 21.3 Å². The molecule has 3 rings (SSSR count). The summed E-state index contributed by atoms with van der Waals surface area (Å²) < 4.78 is 10.3. The summed E-state index contributed by atoms with van der Waals surface area (Å²) in [5.74, 6) is 0.589. The lowest BCUT2D eigenvalue weighted by Crippen LogP contribution is -2.43. The number of pyridine rings is 1. The summed E-state index contributed by atoms with van der Waals surface area (Å²) >= 11 is 0. The molecule has 1 unspecified atom stereocenters. The molecule has 1 aliphatic rings. The molecule has 0 aliphatic heterocycles. The SMILES string of the molecule is CNC(=O)C(NC(=O)C1(c2ccc(OC)cc2)CC1)c1cccc(OC)n1. The Kier molecular flexibility index (Phi) is 5.30. The molecule has 7 nitrogen and oxygen atoms in total. The second kappa shape index (κ2) is 7.65. The highest BCUT2D eigenvalue weighted by atomic mass is 16.5. The van der Waals surface area contributed by atoms with E-state index < -0.39 is 11.5 Å². The third-order valence-electron chi connectivity index (χ3n) is 4.86. The highest BCUT2D eigenvalue weighted by Crippen LogP contribution is 2.49. The zero-order chi connectivity index (χ0) is 19.4. The van der Waals surface area contributed by atoms with E-state index in [0.717, 1.165) is 24.2 Å². The second-order valence-electron chi connectivity index (χ2n) is 6.44. The highest BCUT2D eigenvalue weighted by Gasteiger charge is 2.52. The third-order valence-corrected chi connectivity index (χ3v) is 4.86. The van der Waals surface area contributed by atoms with Gasteiger partial charge in [-0.15, -0.1) is 0 Å². The molecule has 0 saturated heterocycles. The number of likely N-dealkylation sites (N-methyl/N-ethyl adjacent to an activating group) is 1. The Morgan fingerprint density at radius 3 is 2.33 bits per heavy atom. The standard InChI is InChI=1S/C20H23N3O4/c1-21-18(24)17(15-5-4-6-16(22-15)27-3)23-19(25)20(11-12-20)13-7-9-14(26-2)10-8-13/h4-10,17H,11-12H2,1-3H3,(H,21,24)(H,23,25). The van der Waals surface area contributed by atoms with E-state index in [9.17, 15) is 9.59 Å². The van der Waals surface area contributed by atoms with Crippen LogP contribution in [0.25, 0.3) is 0 Å². The van der Waals surface area contributed by atoms with Crippen molar-refractivity contribution in [3.63, 3.8) is 0 Å². The van der Waals surface area contributed by atoms with Crippen LogP contribution in [0.5, 0.6) is 11.6 Å². The zero-order valence-electron chi connectivity index (χ0n) is 15.6. The zero-order valence-corrected chi connectivity index (χ0v) is 15.6. The molecule has 0 radical (unpaired) electrons. The molecule has 1 aromatic carbocycles. The van der Waals surface area contributed by atoms with Crippen molar-refractivity contribution < 1.29 is 19.1 Å². The number of hydrogen-bond donors (Lipinski definition) is 2. The fourth-order valence-electron chi connectivity index (χ4n) is 3.07. The quantitative estimate of drug-likeness (QED) is 0.776. The Morgan fingerprint density at radius 1 is 1.07 bits per heavy atom. The second-order valence-corrected chi connectivity index (χ2v) is 6.44. The van der Waals surface area contributed by atoms with Crippen LogP contribution in [-0.2, 0) is 15.0 Å². The van der Waals surface area contributed by atoms with E-state index in [-0.39, 0.29) is 11.8 Å². The number of hydrogen-bond acceptors (Lipinski definition) is 5. The first-order valence-corrected chi connectivity index (χ1v) is 8.72. The molecule has 7 heteroatoms. The monoisotopic (exact) mass is 369 g/mol. The molecule has 2 aromatic rings. The molecule has 1 atom stereocenters. The average molecular weight is 369 g/mol. The highest BCUT2D eigenvalue weighted by molar-refractivity contribution is 5.95. The molecule has 0 spiro atoms. The Balaban J connectivity index is 1.84. The van der Waals surface area contributed by atoms with Crippen LogP contribution < -0.4 is 20.1 Å². The van der Waals surface area contributed by atoms with E-state index in [1.54, 1.807) is 25.3 Å². The Labute approximate surface area is 158 Å². The summed E-state index contributed by atoms with van der Waals surface area (Å²) in [6.07, 6.45) is 1.47. The largest absolute Gasteiger partial charge is 0.497 e. The maximum absolute atomic E-state index is 13.1. The van der Waals surface area contributed by atoms with Crippen molar-refractivity contribution in [2.24, 2.45) is 0 Å². The van der Waals surface area contributed by atoms with Gasteiger partial charge in [0.1, 0.15) is 5.75 Å². The predicted molar refractivity (Wildman–Crippen MR) is 99.6 cm³/mol. The third kappa shape index (κ3) is 3.72. The minimum absolute atomic E-state index is 0.189. The van der Waals surface area contributed by atoms with Crippen molar-refractivity contribution in [1.29, 1.82) is 0 Å². The maximum Gasteiger partial charge on any atom is 0.248 e. The number of rotatable bonds is 7. The predicted octanol–water partition coefficient (Wildman–Crippen LogP) is 1.73. The van der Waals surface area contributed by atoms with Gasteiger partial charge in [-0.25, -0.2) is 4.98 Å². The summed E-state index contributed by atoms with van der Waals surface area (Å²) in [4.78, 5) is 29.7. The van der Waals surface area contributed by atoms with E-state index in [0.29, 0.717) is 11.6 Å². The first-order chi connectivity index (χ1) is 13.0. The first kappa shape index (κ1) is 18.7. The van der Waals surface area contributed by atoms with Gasteiger partial charge in [0.15, 0.2) is 6.04 Å². The Bertz CT molecular complexity index is 831. The molecule has 1 fully saturated rings. The topological polar surface area (TPSA) is 89.6 Å². The Hall–Kier alpha value is -3.09. The Morgan fingerprint density at radius 2 is 1.78 bits per heavy atom. The summed E-state index contributed by atoms with van der Waals surface area (Å²) in [6.45, 7) is 0. The van der Waals surface area contributed by atoms with Crippen molar-refractivity contribution >= 4 is 11.8 Å². The van der Waals surface area contributed by atoms with E-state index in [1.165, 1.54) is 14.2 Å². The van der Waals surface area contributed by atoms with Crippen molar-refractivity contribution in [1.82, 2.24) is 15.6 Å². The van der Waals surface area contributed by atoms with Gasteiger partial charge in [-0.3, -0.25) is 9.59 Å². The number of aromatic nitrogens is 1. The van der Waals surface area contributed by atoms with Gasteiger partial charge in [-0.05, 0) is 36.6 Å². The number of nitrogens with zero attached hydrogens (tertiary/aromatic N) is 1. The molecule has 142 valence electrons. The molecule has 1 saturated carbocycles. The lowest BCUT2D eigenvalue weighted by molar-refractivity contribution is -0.130. The van der Waals surface area contributed by atoms with Crippen LogP contribution >= 0.6 is 0 Å². The van der Waals surface area contributed by atoms with Gasteiger partial charge in [0, 0.05) is 13.1 Å². The molecular weight excluding hydrogens is 346 g/mol. The lowest BCUT2D eigenvalue weighted by Gasteiger charge is -2.22.